The zero-order valence-corrected chi connectivity index (χ0v) is 11.7. The lowest BCUT2D eigenvalue weighted by atomic mass is 9.82. The second-order valence-corrected chi connectivity index (χ2v) is 5.14. The fourth-order valence-corrected chi connectivity index (χ4v) is 2.45. The molecular weight excluding hydrogens is 258 g/mol. The highest BCUT2D eigenvalue weighted by Gasteiger charge is 2.50. The summed E-state index contributed by atoms with van der Waals surface area (Å²) >= 11 is 0. The molecule has 1 aliphatic rings. The number of rotatable bonds is 4. The van der Waals surface area contributed by atoms with E-state index in [0.29, 0.717) is 13.0 Å². The van der Waals surface area contributed by atoms with Crippen LogP contribution in [0.1, 0.15) is 18.9 Å². The molecule has 5 heteroatoms. The molecule has 0 spiro atoms. The second kappa shape index (κ2) is 6.05. The number of hydrogen-bond donors (Lipinski definition) is 1. The number of carbonyl (C=O) groups is 2. The van der Waals surface area contributed by atoms with Crippen molar-refractivity contribution in [2.24, 2.45) is 5.41 Å². The first-order chi connectivity index (χ1) is 9.58. The third-order valence-electron chi connectivity index (χ3n) is 3.74. The van der Waals surface area contributed by atoms with E-state index in [4.69, 9.17) is 9.47 Å². The normalized spacial score (nSPS) is 25.2. The van der Waals surface area contributed by atoms with Gasteiger partial charge in [0.1, 0.15) is 12.6 Å². The molecule has 1 aromatic carbocycles. The monoisotopic (exact) mass is 277 g/mol. The average molecular weight is 277 g/mol. The van der Waals surface area contributed by atoms with E-state index in [-0.39, 0.29) is 12.6 Å². The molecule has 2 rings (SSSR count). The highest BCUT2D eigenvalue weighted by Crippen LogP contribution is 2.33. The fraction of sp³-hybridized carbons (Fsp3) is 0.467. The van der Waals surface area contributed by atoms with Gasteiger partial charge in [0, 0.05) is 0 Å². The average Bonchev–Trinajstić information content (AvgIpc) is 2.88. The summed E-state index contributed by atoms with van der Waals surface area (Å²) in [6.45, 7) is 2.53. The van der Waals surface area contributed by atoms with Gasteiger partial charge in [0.15, 0.2) is 0 Å². The lowest BCUT2D eigenvalue weighted by Gasteiger charge is -2.26. The Balaban J connectivity index is 2.00. The minimum atomic E-state index is -0.859. The van der Waals surface area contributed by atoms with E-state index < -0.39 is 17.4 Å². The number of esters is 2. The van der Waals surface area contributed by atoms with E-state index in [1.807, 2.05) is 30.3 Å². The van der Waals surface area contributed by atoms with Gasteiger partial charge in [0.25, 0.3) is 0 Å². The molecule has 1 aromatic rings. The van der Waals surface area contributed by atoms with Gasteiger partial charge in [-0.15, -0.1) is 0 Å². The summed E-state index contributed by atoms with van der Waals surface area (Å²) < 4.78 is 10.1. The number of benzene rings is 1. The first kappa shape index (κ1) is 14.5. The Hall–Kier alpha value is -1.88. The van der Waals surface area contributed by atoms with Gasteiger partial charge in [-0.2, -0.15) is 0 Å². The van der Waals surface area contributed by atoms with E-state index in [0.717, 1.165) is 5.56 Å². The molecule has 1 saturated heterocycles. The molecule has 2 atom stereocenters. The Morgan fingerprint density at radius 3 is 2.70 bits per heavy atom. The van der Waals surface area contributed by atoms with Crippen LogP contribution < -0.4 is 5.32 Å². The van der Waals surface area contributed by atoms with Crippen LogP contribution >= 0.6 is 0 Å². The van der Waals surface area contributed by atoms with Crippen molar-refractivity contribution in [2.75, 3.05) is 13.7 Å². The van der Waals surface area contributed by atoms with Crippen molar-refractivity contribution in [3.8, 4) is 0 Å². The van der Waals surface area contributed by atoms with Crippen molar-refractivity contribution in [3.05, 3.63) is 35.9 Å². The van der Waals surface area contributed by atoms with Crippen LogP contribution in [-0.4, -0.2) is 31.6 Å². The zero-order valence-electron chi connectivity index (χ0n) is 11.7. The minimum absolute atomic E-state index is 0.203. The van der Waals surface area contributed by atoms with Crippen LogP contribution in [0.3, 0.4) is 0 Å². The SMILES string of the molecule is COC(=O)C1(C)CCN[C@@H]1C(=O)OCc1ccccc1. The zero-order chi connectivity index (χ0) is 14.6. The highest BCUT2D eigenvalue weighted by atomic mass is 16.5. The minimum Gasteiger partial charge on any atom is -0.469 e. The topological polar surface area (TPSA) is 64.6 Å². The predicted molar refractivity (Wildman–Crippen MR) is 72.8 cm³/mol. The van der Waals surface area contributed by atoms with Crippen molar-refractivity contribution in [1.29, 1.82) is 0 Å². The molecule has 0 aromatic heterocycles. The second-order valence-electron chi connectivity index (χ2n) is 5.14. The van der Waals surface area contributed by atoms with Gasteiger partial charge < -0.3 is 14.8 Å². The molecule has 108 valence electrons. The predicted octanol–water partition coefficient (Wildman–Crippen LogP) is 1.27. The Bertz CT molecular complexity index is 488. The van der Waals surface area contributed by atoms with E-state index in [1.165, 1.54) is 7.11 Å². The first-order valence-electron chi connectivity index (χ1n) is 6.60. The summed E-state index contributed by atoms with van der Waals surface area (Å²) in [5.74, 6) is -0.802. The van der Waals surface area contributed by atoms with Crippen molar-refractivity contribution in [1.82, 2.24) is 5.32 Å². The number of ether oxygens (including phenoxy) is 2. The van der Waals surface area contributed by atoms with Gasteiger partial charge in [0.2, 0.25) is 0 Å². The number of methoxy groups -OCH3 is 1. The third kappa shape index (κ3) is 2.82. The van der Waals surface area contributed by atoms with Gasteiger partial charge in [-0.25, -0.2) is 0 Å². The molecular formula is C15H19NO4. The van der Waals surface area contributed by atoms with Crippen molar-refractivity contribution in [2.45, 2.75) is 26.0 Å². The summed E-state index contributed by atoms with van der Waals surface area (Å²) in [6.07, 6.45) is 0.560. The molecule has 1 unspecified atom stereocenters. The largest absolute Gasteiger partial charge is 0.469 e. The van der Waals surface area contributed by atoms with Gasteiger partial charge in [-0.3, -0.25) is 9.59 Å². The molecule has 1 fully saturated rings. The van der Waals surface area contributed by atoms with Crippen LogP contribution in [0.4, 0.5) is 0 Å². The number of nitrogens with one attached hydrogen (secondary N) is 1. The van der Waals surface area contributed by atoms with Gasteiger partial charge in [-0.1, -0.05) is 30.3 Å². The number of carbonyl (C=O) groups excluding carboxylic acids is 2. The summed E-state index contributed by atoms with van der Waals surface area (Å²) in [5, 5.41) is 3.02. The van der Waals surface area contributed by atoms with Gasteiger partial charge >= 0.3 is 11.9 Å². The summed E-state index contributed by atoms with van der Waals surface area (Å²) in [7, 11) is 1.33. The van der Waals surface area contributed by atoms with E-state index in [9.17, 15) is 9.59 Å². The molecule has 20 heavy (non-hydrogen) atoms. The van der Waals surface area contributed by atoms with Crippen LogP contribution in [0.5, 0.6) is 0 Å². The summed E-state index contributed by atoms with van der Waals surface area (Å²) in [6, 6.07) is 8.78. The van der Waals surface area contributed by atoms with Crippen LogP contribution in [0.25, 0.3) is 0 Å². The third-order valence-corrected chi connectivity index (χ3v) is 3.74. The number of hydrogen-bond acceptors (Lipinski definition) is 5. The highest BCUT2D eigenvalue weighted by molar-refractivity contribution is 5.88. The van der Waals surface area contributed by atoms with Crippen LogP contribution in [0.15, 0.2) is 30.3 Å². The van der Waals surface area contributed by atoms with Crippen LogP contribution in [0, 0.1) is 5.41 Å². The molecule has 5 nitrogen and oxygen atoms in total. The van der Waals surface area contributed by atoms with E-state index in [2.05, 4.69) is 5.32 Å². The smallest absolute Gasteiger partial charge is 0.324 e. The molecule has 0 amide bonds. The fourth-order valence-electron chi connectivity index (χ4n) is 2.45. The standard InChI is InChI=1S/C15H19NO4/c1-15(14(18)19-2)8-9-16-12(15)13(17)20-10-11-6-4-3-5-7-11/h3-7,12,16H,8-10H2,1-2H3/t12-,15?/m1/s1. The van der Waals surface area contributed by atoms with Crippen LogP contribution in [0.2, 0.25) is 0 Å². The Morgan fingerprint density at radius 2 is 2.05 bits per heavy atom. The lowest BCUT2D eigenvalue weighted by Crippen LogP contribution is -2.47. The molecule has 0 aliphatic carbocycles. The summed E-state index contributed by atoms with van der Waals surface area (Å²) in [4.78, 5) is 24.0. The van der Waals surface area contributed by atoms with E-state index in [1.54, 1.807) is 6.92 Å². The Morgan fingerprint density at radius 1 is 1.35 bits per heavy atom. The van der Waals surface area contributed by atoms with Crippen molar-refractivity contribution >= 4 is 11.9 Å². The first-order valence-corrected chi connectivity index (χ1v) is 6.60. The molecule has 1 N–H and O–H groups in total. The summed E-state index contributed by atoms with van der Waals surface area (Å²) in [5.41, 5.74) is 0.0568. The lowest BCUT2D eigenvalue weighted by molar-refractivity contribution is -0.161. The molecule has 0 saturated carbocycles. The Labute approximate surface area is 118 Å². The van der Waals surface area contributed by atoms with Crippen molar-refractivity contribution in [3.63, 3.8) is 0 Å². The maximum atomic E-state index is 12.2. The molecule has 0 radical (unpaired) electrons. The Kier molecular flexibility index (Phi) is 4.39. The molecule has 1 heterocycles. The maximum absolute atomic E-state index is 12.2. The van der Waals surface area contributed by atoms with Crippen LogP contribution in [-0.2, 0) is 25.7 Å². The molecule has 0 bridgehead atoms. The quantitative estimate of drug-likeness (QED) is 0.840. The van der Waals surface area contributed by atoms with Gasteiger partial charge in [-0.05, 0) is 25.5 Å². The van der Waals surface area contributed by atoms with E-state index >= 15 is 0 Å². The maximum Gasteiger partial charge on any atom is 0.324 e. The van der Waals surface area contributed by atoms with Gasteiger partial charge in [0.05, 0.1) is 12.5 Å². The molecule has 1 aliphatic heterocycles. The van der Waals surface area contributed by atoms with Crippen molar-refractivity contribution < 1.29 is 19.1 Å².